The fourth-order valence-electron chi connectivity index (χ4n) is 6.17. The van der Waals surface area contributed by atoms with Crippen LogP contribution in [0.2, 0.25) is 5.02 Å². The van der Waals surface area contributed by atoms with E-state index in [9.17, 15) is 20.1 Å². The van der Waals surface area contributed by atoms with E-state index in [0.29, 0.717) is 35.4 Å². The maximum absolute atomic E-state index is 12.4. The molecule has 208 valence electrons. The van der Waals surface area contributed by atoms with Gasteiger partial charge in [-0.15, -0.1) is 0 Å². The molecule has 2 aromatic carbocycles. The van der Waals surface area contributed by atoms with E-state index in [4.69, 9.17) is 21.1 Å². The maximum atomic E-state index is 12.4. The summed E-state index contributed by atoms with van der Waals surface area (Å²) in [6.07, 6.45) is 5.24. The highest BCUT2D eigenvalue weighted by molar-refractivity contribution is 6.30. The van der Waals surface area contributed by atoms with Gasteiger partial charge in [-0.25, -0.2) is 0 Å². The molecule has 9 heteroatoms. The predicted octanol–water partition coefficient (Wildman–Crippen LogP) is 5.63. The minimum atomic E-state index is -0.787. The van der Waals surface area contributed by atoms with Crippen LogP contribution in [0, 0.1) is 11.8 Å². The molecule has 1 saturated carbocycles. The zero-order chi connectivity index (χ0) is 27.5. The van der Waals surface area contributed by atoms with E-state index in [-0.39, 0.29) is 31.0 Å². The number of rotatable bonds is 11. The van der Waals surface area contributed by atoms with Crippen molar-refractivity contribution in [1.29, 1.82) is 0 Å². The van der Waals surface area contributed by atoms with E-state index in [1.165, 1.54) is 29.5 Å². The fourth-order valence-corrected chi connectivity index (χ4v) is 6.36. The fraction of sp³-hybridized carbons (Fsp3) is 0.433. The highest BCUT2D eigenvalue weighted by Gasteiger charge is 2.41. The van der Waals surface area contributed by atoms with Gasteiger partial charge in [0.1, 0.15) is 6.61 Å². The molecular formula is C30H35ClN2O6. The molecule has 3 aromatic rings. The highest BCUT2D eigenvalue weighted by atomic mass is 35.5. The van der Waals surface area contributed by atoms with Crippen LogP contribution in [0.4, 0.5) is 0 Å². The molecule has 0 amide bonds. The standard InChI is InChI=1S/C30H35ClN2O6/c1-38-26-14-20(6-9-25(26)39-13-12-33-27(34)10-11-28(33)35)18-32(17-19-4-2-3-5-19)29-23-8-7-22(31)15-21(23)16-24(29)30(36)37/h6-11,14-15,19,24,29,34-35H,2-5,12-13,16-18H2,1H3,(H,36,37). The van der Waals surface area contributed by atoms with E-state index in [1.807, 2.05) is 36.4 Å². The third kappa shape index (κ3) is 5.97. The largest absolute Gasteiger partial charge is 0.494 e. The van der Waals surface area contributed by atoms with Crippen molar-refractivity contribution in [2.45, 2.75) is 51.2 Å². The van der Waals surface area contributed by atoms with Crippen molar-refractivity contribution >= 4 is 17.6 Å². The minimum absolute atomic E-state index is 0.0313. The smallest absolute Gasteiger partial charge is 0.308 e. The third-order valence-corrected chi connectivity index (χ3v) is 8.28. The number of aromatic hydroxyl groups is 2. The Morgan fingerprint density at radius 1 is 1.05 bits per heavy atom. The summed E-state index contributed by atoms with van der Waals surface area (Å²) in [5, 5.41) is 30.5. The zero-order valence-corrected chi connectivity index (χ0v) is 22.8. The summed E-state index contributed by atoms with van der Waals surface area (Å²) in [5.41, 5.74) is 3.06. The first-order valence-electron chi connectivity index (χ1n) is 13.5. The molecule has 1 heterocycles. The predicted molar refractivity (Wildman–Crippen MR) is 148 cm³/mol. The second-order valence-corrected chi connectivity index (χ2v) is 11.0. The van der Waals surface area contributed by atoms with Gasteiger partial charge in [-0.05, 0) is 66.1 Å². The number of aliphatic carboxylic acids is 1. The van der Waals surface area contributed by atoms with Gasteiger partial charge in [0.15, 0.2) is 23.3 Å². The number of carboxylic acids is 1. The van der Waals surface area contributed by atoms with Gasteiger partial charge in [0.25, 0.3) is 0 Å². The second kappa shape index (κ2) is 11.8. The number of ether oxygens (including phenoxy) is 2. The molecule has 5 rings (SSSR count). The first-order valence-corrected chi connectivity index (χ1v) is 13.8. The Hall–Kier alpha value is -3.36. The number of carboxylic acid groups (broad SMARTS) is 1. The molecule has 1 aromatic heterocycles. The van der Waals surface area contributed by atoms with Gasteiger partial charge in [-0.3, -0.25) is 14.3 Å². The van der Waals surface area contributed by atoms with Crippen LogP contribution in [0.25, 0.3) is 0 Å². The summed E-state index contributed by atoms with van der Waals surface area (Å²) in [5.74, 6) is 0.284. The van der Waals surface area contributed by atoms with Crippen LogP contribution in [-0.2, 0) is 24.3 Å². The summed E-state index contributed by atoms with van der Waals surface area (Å²) in [6.45, 7) is 1.91. The van der Waals surface area contributed by atoms with Crippen molar-refractivity contribution in [3.63, 3.8) is 0 Å². The summed E-state index contributed by atoms with van der Waals surface area (Å²) in [7, 11) is 1.59. The summed E-state index contributed by atoms with van der Waals surface area (Å²) < 4.78 is 12.9. The van der Waals surface area contributed by atoms with Crippen LogP contribution in [0.5, 0.6) is 23.3 Å². The Morgan fingerprint density at radius 2 is 1.79 bits per heavy atom. The average Bonchev–Trinajstić information content (AvgIpc) is 3.64. The average molecular weight is 555 g/mol. The van der Waals surface area contributed by atoms with E-state index in [2.05, 4.69) is 4.90 Å². The van der Waals surface area contributed by atoms with Gasteiger partial charge in [-0.1, -0.05) is 36.6 Å². The number of carbonyl (C=O) groups is 1. The van der Waals surface area contributed by atoms with Crippen molar-refractivity contribution in [2.24, 2.45) is 11.8 Å². The Bertz CT molecular complexity index is 1300. The molecule has 2 unspecified atom stereocenters. The molecule has 8 nitrogen and oxygen atoms in total. The number of methoxy groups -OCH3 is 1. The van der Waals surface area contributed by atoms with E-state index in [1.54, 1.807) is 7.11 Å². The normalized spacial score (nSPS) is 18.9. The molecule has 39 heavy (non-hydrogen) atoms. The number of hydrogen-bond acceptors (Lipinski definition) is 6. The topological polar surface area (TPSA) is 104 Å². The number of fused-ring (bicyclic) bond motifs is 1. The first kappa shape index (κ1) is 27.2. The lowest BCUT2D eigenvalue weighted by Gasteiger charge is -2.34. The molecule has 0 saturated heterocycles. The number of benzene rings is 2. The molecule has 2 atom stereocenters. The zero-order valence-electron chi connectivity index (χ0n) is 22.1. The summed E-state index contributed by atoms with van der Waals surface area (Å²) in [6, 6.07) is 14.1. The highest BCUT2D eigenvalue weighted by Crippen LogP contribution is 2.44. The molecular weight excluding hydrogens is 520 g/mol. The quantitative estimate of drug-likeness (QED) is 0.282. The van der Waals surface area contributed by atoms with Crippen LogP contribution in [-0.4, -0.2) is 51.0 Å². The van der Waals surface area contributed by atoms with E-state index in [0.717, 1.165) is 36.1 Å². The molecule has 0 spiro atoms. The van der Waals surface area contributed by atoms with Gasteiger partial charge < -0.3 is 24.8 Å². The maximum Gasteiger partial charge on any atom is 0.308 e. The Morgan fingerprint density at radius 3 is 2.49 bits per heavy atom. The van der Waals surface area contributed by atoms with Crippen molar-refractivity contribution in [3.05, 3.63) is 70.2 Å². The van der Waals surface area contributed by atoms with Gasteiger partial charge in [-0.2, -0.15) is 0 Å². The molecule has 3 N–H and O–H groups in total. The Kier molecular flexibility index (Phi) is 8.23. The van der Waals surface area contributed by atoms with Crippen LogP contribution < -0.4 is 9.47 Å². The van der Waals surface area contributed by atoms with Gasteiger partial charge >= 0.3 is 5.97 Å². The monoisotopic (exact) mass is 554 g/mol. The van der Waals surface area contributed by atoms with Gasteiger partial charge in [0, 0.05) is 36.3 Å². The molecule has 2 aliphatic carbocycles. The number of hydrogen-bond donors (Lipinski definition) is 3. The van der Waals surface area contributed by atoms with Crippen LogP contribution in [0.1, 0.15) is 48.4 Å². The van der Waals surface area contributed by atoms with E-state index < -0.39 is 11.9 Å². The Labute approximate surface area is 233 Å². The van der Waals surface area contributed by atoms with Crippen molar-refractivity contribution in [1.82, 2.24) is 9.47 Å². The molecule has 0 aliphatic heterocycles. The molecule has 0 radical (unpaired) electrons. The SMILES string of the molecule is COc1cc(CN(CC2CCCC2)C2c3ccc(Cl)cc3CC2C(=O)O)ccc1OCCn1c(O)ccc1O. The Balaban J connectivity index is 1.37. The first-order chi connectivity index (χ1) is 18.8. The molecule has 1 fully saturated rings. The molecule has 2 aliphatic rings. The number of aromatic nitrogens is 1. The van der Waals surface area contributed by atoms with E-state index >= 15 is 0 Å². The van der Waals surface area contributed by atoms with Crippen LogP contribution in [0.15, 0.2) is 48.5 Å². The summed E-state index contributed by atoms with van der Waals surface area (Å²) >= 11 is 6.26. The van der Waals surface area contributed by atoms with Crippen molar-refractivity contribution < 1.29 is 29.6 Å². The number of halogens is 1. The lowest BCUT2D eigenvalue weighted by atomic mass is 9.96. The third-order valence-electron chi connectivity index (χ3n) is 8.04. The lowest BCUT2D eigenvalue weighted by molar-refractivity contribution is -0.144. The van der Waals surface area contributed by atoms with Crippen LogP contribution >= 0.6 is 11.6 Å². The van der Waals surface area contributed by atoms with Crippen molar-refractivity contribution in [2.75, 3.05) is 20.3 Å². The van der Waals surface area contributed by atoms with Crippen LogP contribution in [0.3, 0.4) is 0 Å². The number of nitrogens with zero attached hydrogens (tertiary/aromatic N) is 2. The second-order valence-electron chi connectivity index (χ2n) is 10.6. The van der Waals surface area contributed by atoms with Gasteiger partial charge in [0.2, 0.25) is 0 Å². The lowest BCUT2D eigenvalue weighted by Crippen LogP contribution is -2.37. The van der Waals surface area contributed by atoms with Crippen molar-refractivity contribution in [3.8, 4) is 23.3 Å². The minimum Gasteiger partial charge on any atom is -0.494 e. The molecule has 0 bridgehead atoms. The van der Waals surface area contributed by atoms with Gasteiger partial charge in [0.05, 0.1) is 19.6 Å². The summed E-state index contributed by atoms with van der Waals surface area (Å²) in [4.78, 5) is 14.7.